The van der Waals surface area contributed by atoms with Crippen LogP contribution >= 0.6 is 11.3 Å². The molecule has 2 heterocycles. The van der Waals surface area contributed by atoms with E-state index >= 15 is 0 Å². The van der Waals surface area contributed by atoms with Crippen LogP contribution in [-0.2, 0) is 4.74 Å². The number of aliphatic imine (C=N–C) groups is 1. The van der Waals surface area contributed by atoms with Crippen LogP contribution < -0.4 is 0 Å². The molecular weight excluding hydrogens is 206 g/mol. The van der Waals surface area contributed by atoms with Crippen molar-refractivity contribution in [1.82, 2.24) is 0 Å². The van der Waals surface area contributed by atoms with Crippen molar-refractivity contribution in [3.8, 4) is 0 Å². The van der Waals surface area contributed by atoms with Gasteiger partial charge in [-0.3, -0.25) is 4.99 Å². The van der Waals surface area contributed by atoms with Gasteiger partial charge in [0.1, 0.15) is 0 Å². The lowest BCUT2D eigenvalue weighted by Gasteiger charge is -2.33. The lowest BCUT2D eigenvalue weighted by atomic mass is 9.94. The molecule has 0 bridgehead atoms. The number of nitrogens with zero attached hydrogens (tertiary/aromatic N) is 1. The average Bonchev–Trinajstić information content (AvgIpc) is 2.65. The fourth-order valence-corrected chi connectivity index (χ4v) is 2.46. The molecule has 0 N–H and O–H groups in total. The summed E-state index contributed by atoms with van der Waals surface area (Å²) in [6, 6.07) is 4.58. The van der Waals surface area contributed by atoms with E-state index in [2.05, 4.69) is 36.4 Å². The first-order chi connectivity index (χ1) is 7.16. The molecule has 1 aromatic rings. The molecule has 1 aromatic heterocycles. The zero-order valence-electron chi connectivity index (χ0n) is 9.27. The van der Waals surface area contributed by atoms with E-state index in [1.807, 2.05) is 6.21 Å². The smallest absolute Gasteiger partial charge is 0.0646 e. The van der Waals surface area contributed by atoms with E-state index in [-0.39, 0.29) is 5.60 Å². The SMILES string of the molecule is CC1(C)C[C@H](N=Cc2cccs2)CCO1. The molecule has 1 atom stereocenters. The Morgan fingerprint density at radius 2 is 2.47 bits per heavy atom. The summed E-state index contributed by atoms with van der Waals surface area (Å²) in [5.41, 5.74) is -0.00426. The maximum absolute atomic E-state index is 5.66. The third-order valence-corrected chi connectivity index (χ3v) is 3.43. The van der Waals surface area contributed by atoms with Crippen molar-refractivity contribution in [2.24, 2.45) is 4.99 Å². The first-order valence-electron chi connectivity index (χ1n) is 5.36. The minimum atomic E-state index is -0.00426. The highest BCUT2D eigenvalue weighted by atomic mass is 32.1. The molecule has 0 spiro atoms. The molecule has 82 valence electrons. The van der Waals surface area contributed by atoms with E-state index in [4.69, 9.17) is 4.74 Å². The van der Waals surface area contributed by atoms with E-state index in [0.717, 1.165) is 19.4 Å². The Hall–Kier alpha value is -0.670. The molecule has 15 heavy (non-hydrogen) atoms. The van der Waals surface area contributed by atoms with Crippen molar-refractivity contribution in [3.05, 3.63) is 22.4 Å². The number of ether oxygens (including phenoxy) is 1. The fourth-order valence-electron chi connectivity index (χ4n) is 1.87. The minimum Gasteiger partial charge on any atom is -0.375 e. The summed E-state index contributed by atoms with van der Waals surface area (Å²) in [5, 5.41) is 2.08. The highest BCUT2D eigenvalue weighted by Crippen LogP contribution is 2.25. The Bertz CT molecular complexity index is 329. The van der Waals surface area contributed by atoms with Gasteiger partial charge in [-0.05, 0) is 38.1 Å². The second-order valence-corrected chi connectivity index (χ2v) is 5.53. The third kappa shape index (κ3) is 3.14. The monoisotopic (exact) mass is 223 g/mol. The van der Waals surface area contributed by atoms with E-state index in [0.29, 0.717) is 6.04 Å². The van der Waals surface area contributed by atoms with Crippen LogP contribution in [0, 0.1) is 0 Å². The van der Waals surface area contributed by atoms with Gasteiger partial charge in [0.25, 0.3) is 0 Å². The fraction of sp³-hybridized carbons (Fsp3) is 0.583. The van der Waals surface area contributed by atoms with Gasteiger partial charge in [-0.25, -0.2) is 0 Å². The molecule has 1 aliphatic rings. The lowest BCUT2D eigenvalue weighted by molar-refractivity contribution is -0.0574. The molecule has 0 radical (unpaired) electrons. The molecule has 1 saturated heterocycles. The maximum Gasteiger partial charge on any atom is 0.0646 e. The van der Waals surface area contributed by atoms with Crippen molar-refractivity contribution >= 4 is 17.6 Å². The Kier molecular flexibility index (Phi) is 3.22. The topological polar surface area (TPSA) is 21.6 Å². The summed E-state index contributed by atoms with van der Waals surface area (Å²) >= 11 is 1.73. The Labute approximate surface area is 95.0 Å². The quantitative estimate of drug-likeness (QED) is 0.706. The summed E-state index contributed by atoms with van der Waals surface area (Å²) in [7, 11) is 0. The minimum absolute atomic E-state index is 0.00426. The Balaban J connectivity index is 1.95. The highest BCUT2D eigenvalue weighted by molar-refractivity contribution is 7.11. The molecular formula is C12H17NOS. The number of hydrogen-bond acceptors (Lipinski definition) is 3. The van der Waals surface area contributed by atoms with Crippen LogP contribution in [0.5, 0.6) is 0 Å². The van der Waals surface area contributed by atoms with Gasteiger partial charge in [0, 0.05) is 17.7 Å². The van der Waals surface area contributed by atoms with Crippen LogP contribution in [0.3, 0.4) is 0 Å². The van der Waals surface area contributed by atoms with Gasteiger partial charge in [0.05, 0.1) is 11.6 Å². The van der Waals surface area contributed by atoms with Crippen LogP contribution in [0.25, 0.3) is 0 Å². The molecule has 3 heteroatoms. The number of rotatable bonds is 2. The van der Waals surface area contributed by atoms with E-state index < -0.39 is 0 Å². The van der Waals surface area contributed by atoms with E-state index in [1.165, 1.54) is 4.88 Å². The van der Waals surface area contributed by atoms with Crippen LogP contribution in [-0.4, -0.2) is 24.5 Å². The maximum atomic E-state index is 5.66. The number of thiophene rings is 1. The normalized spacial score (nSPS) is 25.9. The van der Waals surface area contributed by atoms with Crippen molar-refractivity contribution < 1.29 is 4.74 Å². The van der Waals surface area contributed by atoms with E-state index in [1.54, 1.807) is 11.3 Å². The molecule has 0 saturated carbocycles. The zero-order chi connectivity index (χ0) is 10.7. The zero-order valence-corrected chi connectivity index (χ0v) is 10.1. The van der Waals surface area contributed by atoms with E-state index in [9.17, 15) is 0 Å². The molecule has 2 rings (SSSR count). The molecule has 1 fully saturated rings. The van der Waals surface area contributed by atoms with Crippen LogP contribution in [0.4, 0.5) is 0 Å². The van der Waals surface area contributed by atoms with Crippen LogP contribution in [0.2, 0.25) is 0 Å². The molecule has 1 aliphatic heterocycles. The van der Waals surface area contributed by atoms with Crippen LogP contribution in [0.1, 0.15) is 31.6 Å². The van der Waals surface area contributed by atoms with Crippen molar-refractivity contribution in [3.63, 3.8) is 0 Å². The lowest BCUT2D eigenvalue weighted by Crippen LogP contribution is -2.35. The number of hydrogen-bond donors (Lipinski definition) is 0. The largest absolute Gasteiger partial charge is 0.375 e. The van der Waals surface area contributed by atoms with Gasteiger partial charge >= 0.3 is 0 Å². The summed E-state index contributed by atoms with van der Waals surface area (Å²) in [6.45, 7) is 5.11. The van der Waals surface area contributed by atoms with Gasteiger partial charge in [0.15, 0.2) is 0 Å². The summed E-state index contributed by atoms with van der Waals surface area (Å²) in [5.74, 6) is 0. The van der Waals surface area contributed by atoms with Gasteiger partial charge in [-0.15, -0.1) is 11.3 Å². The van der Waals surface area contributed by atoms with Crippen molar-refractivity contribution in [1.29, 1.82) is 0 Å². The van der Waals surface area contributed by atoms with Crippen molar-refractivity contribution in [2.75, 3.05) is 6.61 Å². The van der Waals surface area contributed by atoms with Gasteiger partial charge in [0.2, 0.25) is 0 Å². The molecule has 0 aromatic carbocycles. The molecule has 0 unspecified atom stereocenters. The first kappa shape index (κ1) is 10.8. The molecule has 0 amide bonds. The summed E-state index contributed by atoms with van der Waals surface area (Å²) in [4.78, 5) is 5.86. The predicted octanol–water partition coefficient (Wildman–Crippen LogP) is 3.12. The molecule has 2 nitrogen and oxygen atoms in total. The standard InChI is InChI=1S/C12H17NOS/c1-12(2)8-10(5-6-14-12)13-9-11-4-3-7-15-11/h3-4,7,9-10H,5-6,8H2,1-2H3/t10-/m1/s1. The highest BCUT2D eigenvalue weighted by Gasteiger charge is 2.28. The first-order valence-corrected chi connectivity index (χ1v) is 6.24. The Morgan fingerprint density at radius 3 is 3.13 bits per heavy atom. The van der Waals surface area contributed by atoms with Crippen molar-refractivity contribution in [2.45, 2.75) is 38.3 Å². The summed E-state index contributed by atoms with van der Waals surface area (Å²) < 4.78 is 5.66. The van der Waals surface area contributed by atoms with Gasteiger partial charge in [-0.2, -0.15) is 0 Å². The predicted molar refractivity (Wildman–Crippen MR) is 65.0 cm³/mol. The molecule has 0 aliphatic carbocycles. The van der Waals surface area contributed by atoms with Gasteiger partial charge in [-0.1, -0.05) is 6.07 Å². The van der Waals surface area contributed by atoms with Gasteiger partial charge < -0.3 is 4.74 Å². The van der Waals surface area contributed by atoms with Crippen LogP contribution in [0.15, 0.2) is 22.5 Å². The average molecular weight is 223 g/mol. The summed E-state index contributed by atoms with van der Waals surface area (Å²) in [6.07, 6.45) is 4.07. The second kappa shape index (κ2) is 4.45. The third-order valence-electron chi connectivity index (χ3n) is 2.63. The second-order valence-electron chi connectivity index (χ2n) is 4.55. The Morgan fingerprint density at radius 1 is 1.60 bits per heavy atom.